The van der Waals surface area contributed by atoms with Crippen LogP contribution in [0.25, 0.3) is 0 Å². The number of ketones is 1. The maximum Gasteiger partial charge on any atom is 0.157 e. The molecule has 0 radical (unpaired) electrons. The average Bonchev–Trinajstić information content (AvgIpc) is 2.11. The Morgan fingerprint density at radius 1 is 1.23 bits per heavy atom. The second-order valence-corrected chi connectivity index (χ2v) is 4.73. The van der Waals surface area contributed by atoms with E-state index in [1.165, 1.54) is 4.24 Å². The minimum absolute atomic E-state index is 0.229. The molecule has 0 rings (SSSR count). The zero-order chi connectivity index (χ0) is 10.3. The van der Waals surface area contributed by atoms with Gasteiger partial charge in [0, 0.05) is 9.81 Å². The molecular formula is C10H18OS2. The second-order valence-electron chi connectivity index (χ2n) is 2.83. The molecular weight excluding hydrogens is 200 g/mol. The average molecular weight is 218 g/mol. The molecule has 76 valence electrons. The van der Waals surface area contributed by atoms with E-state index in [0.29, 0.717) is 0 Å². The molecule has 0 spiro atoms. The molecule has 0 fully saturated rings. The molecule has 0 saturated carbocycles. The highest BCUT2D eigenvalue weighted by Gasteiger charge is 2.09. The van der Waals surface area contributed by atoms with Crippen molar-refractivity contribution in [1.82, 2.24) is 0 Å². The molecule has 13 heavy (non-hydrogen) atoms. The molecule has 0 aliphatic rings. The molecule has 0 bridgehead atoms. The molecule has 0 aromatic heterocycles. The van der Waals surface area contributed by atoms with Crippen LogP contribution < -0.4 is 0 Å². The Morgan fingerprint density at radius 3 is 2.08 bits per heavy atom. The molecule has 1 nitrogen and oxygen atoms in total. The summed E-state index contributed by atoms with van der Waals surface area (Å²) in [7, 11) is 0. The number of unbranched alkanes of at least 4 members (excludes halogenated alkanes) is 1. The summed E-state index contributed by atoms with van der Waals surface area (Å²) in [6.07, 6.45) is 7.25. The summed E-state index contributed by atoms with van der Waals surface area (Å²) in [5.74, 6) is 0.229. The van der Waals surface area contributed by atoms with Gasteiger partial charge >= 0.3 is 0 Å². The maximum atomic E-state index is 11.3. The van der Waals surface area contributed by atoms with Crippen molar-refractivity contribution in [2.45, 2.75) is 33.1 Å². The van der Waals surface area contributed by atoms with Crippen LogP contribution in [-0.2, 0) is 4.79 Å². The smallest absolute Gasteiger partial charge is 0.157 e. The molecule has 0 unspecified atom stereocenters. The predicted molar refractivity (Wildman–Crippen MR) is 64.3 cm³/mol. The molecule has 0 amide bonds. The minimum atomic E-state index is 0.229. The van der Waals surface area contributed by atoms with Crippen LogP contribution in [0.15, 0.2) is 9.81 Å². The molecule has 0 atom stereocenters. The van der Waals surface area contributed by atoms with Crippen LogP contribution in [-0.4, -0.2) is 18.3 Å². The zero-order valence-electron chi connectivity index (χ0n) is 8.85. The fourth-order valence-corrected chi connectivity index (χ4v) is 2.76. The Morgan fingerprint density at radius 2 is 1.77 bits per heavy atom. The Bertz CT molecular complexity index is 191. The quantitative estimate of drug-likeness (QED) is 0.633. The molecule has 0 aliphatic heterocycles. The van der Waals surface area contributed by atoms with E-state index in [1.807, 2.05) is 12.5 Å². The molecule has 0 saturated heterocycles. The Labute approximate surface area is 89.7 Å². The highest BCUT2D eigenvalue weighted by Crippen LogP contribution is 2.30. The van der Waals surface area contributed by atoms with Crippen molar-refractivity contribution in [2.75, 3.05) is 12.5 Å². The minimum Gasteiger partial charge on any atom is -0.295 e. The first-order chi connectivity index (χ1) is 6.17. The van der Waals surface area contributed by atoms with E-state index in [1.54, 1.807) is 30.4 Å². The Balaban J connectivity index is 4.54. The molecule has 0 heterocycles. The van der Waals surface area contributed by atoms with Crippen molar-refractivity contribution >= 4 is 29.3 Å². The molecule has 0 N–H and O–H groups in total. The lowest BCUT2D eigenvalue weighted by atomic mass is 10.1. The largest absolute Gasteiger partial charge is 0.295 e. The van der Waals surface area contributed by atoms with Gasteiger partial charge in [-0.05, 0) is 32.3 Å². The van der Waals surface area contributed by atoms with Crippen LogP contribution in [0.3, 0.4) is 0 Å². The van der Waals surface area contributed by atoms with E-state index in [0.717, 1.165) is 24.8 Å². The first kappa shape index (κ1) is 13.1. The predicted octanol–water partition coefficient (Wildman–Crippen LogP) is 3.70. The van der Waals surface area contributed by atoms with Gasteiger partial charge in [-0.2, -0.15) is 0 Å². The second kappa shape index (κ2) is 7.51. The van der Waals surface area contributed by atoms with Crippen LogP contribution in [0.2, 0.25) is 0 Å². The highest BCUT2D eigenvalue weighted by molar-refractivity contribution is 8.21. The summed E-state index contributed by atoms with van der Waals surface area (Å²) < 4.78 is 1.18. The van der Waals surface area contributed by atoms with Gasteiger partial charge in [-0.25, -0.2) is 0 Å². The first-order valence-corrected chi connectivity index (χ1v) is 6.94. The number of hydrogen-bond donors (Lipinski definition) is 0. The zero-order valence-corrected chi connectivity index (χ0v) is 10.5. The van der Waals surface area contributed by atoms with Crippen molar-refractivity contribution in [3.05, 3.63) is 9.81 Å². The van der Waals surface area contributed by atoms with Gasteiger partial charge in [0.25, 0.3) is 0 Å². The third kappa shape index (κ3) is 4.77. The van der Waals surface area contributed by atoms with Crippen molar-refractivity contribution in [3.8, 4) is 0 Å². The van der Waals surface area contributed by atoms with Gasteiger partial charge in [-0.15, -0.1) is 23.5 Å². The van der Waals surface area contributed by atoms with Crippen LogP contribution in [0.5, 0.6) is 0 Å². The summed E-state index contributed by atoms with van der Waals surface area (Å²) in [5.41, 5.74) is 1.02. The van der Waals surface area contributed by atoms with E-state index in [-0.39, 0.29) is 5.78 Å². The SMILES string of the molecule is CCCCC(C(C)=O)=C(SC)SC. The highest BCUT2D eigenvalue weighted by atomic mass is 32.2. The maximum absolute atomic E-state index is 11.3. The van der Waals surface area contributed by atoms with E-state index < -0.39 is 0 Å². The summed E-state index contributed by atoms with van der Waals surface area (Å²) in [5, 5.41) is 0. The van der Waals surface area contributed by atoms with Gasteiger partial charge < -0.3 is 0 Å². The van der Waals surface area contributed by atoms with Gasteiger partial charge in [0.15, 0.2) is 5.78 Å². The lowest BCUT2D eigenvalue weighted by molar-refractivity contribution is -0.113. The number of rotatable bonds is 6. The van der Waals surface area contributed by atoms with Crippen LogP contribution in [0, 0.1) is 0 Å². The van der Waals surface area contributed by atoms with Crippen molar-refractivity contribution in [3.63, 3.8) is 0 Å². The Kier molecular flexibility index (Phi) is 7.57. The topological polar surface area (TPSA) is 17.1 Å². The normalized spacial score (nSPS) is 9.85. The van der Waals surface area contributed by atoms with Crippen molar-refractivity contribution in [1.29, 1.82) is 0 Å². The number of allylic oxidation sites excluding steroid dienone is 1. The van der Waals surface area contributed by atoms with E-state index in [4.69, 9.17) is 0 Å². The summed E-state index contributed by atoms with van der Waals surface area (Å²) in [6, 6.07) is 0. The number of thioether (sulfide) groups is 2. The summed E-state index contributed by atoms with van der Waals surface area (Å²) >= 11 is 3.36. The van der Waals surface area contributed by atoms with Gasteiger partial charge in [-0.1, -0.05) is 13.3 Å². The van der Waals surface area contributed by atoms with E-state index in [2.05, 4.69) is 6.92 Å². The third-order valence-corrected chi connectivity index (χ3v) is 4.06. The van der Waals surface area contributed by atoms with Gasteiger partial charge in [0.05, 0.1) is 0 Å². The monoisotopic (exact) mass is 218 g/mol. The van der Waals surface area contributed by atoms with Gasteiger partial charge in [0.1, 0.15) is 0 Å². The van der Waals surface area contributed by atoms with Crippen LogP contribution in [0.4, 0.5) is 0 Å². The summed E-state index contributed by atoms with van der Waals surface area (Å²) in [6.45, 7) is 3.81. The van der Waals surface area contributed by atoms with Gasteiger partial charge in [-0.3, -0.25) is 4.79 Å². The van der Waals surface area contributed by atoms with Gasteiger partial charge in [0.2, 0.25) is 0 Å². The van der Waals surface area contributed by atoms with Crippen molar-refractivity contribution in [2.24, 2.45) is 0 Å². The number of carbonyl (C=O) groups is 1. The van der Waals surface area contributed by atoms with Crippen molar-refractivity contribution < 1.29 is 4.79 Å². The van der Waals surface area contributed by atoms with Crippen LogP contribution in [0.1, 0.15) is 33.1 Å². The molecule has 0 aromatic rings. The van der Waals surface area contributed by atoms with E-state index in [9.17, 15) is 4.79 Å². The number of carbonyl (C=O) groups excluding carboxylic acids is 1. The fraction of sp³-hybridized carbons (Fsp3) is 0.700. The lowest BCUT2D eigenvalue weighted by Crippen LogP contribution is -1.98. The standard InChI is InChI=1S/C10H18OS2/c1-5-6-7-9(8(2)11)10(12-3)13-4/h5-7H2,1-4H3. The van der Waals surface area contributed by atoms with E-state index >= 15 is 0 Å². The molecule has 3 heteroatoms. The first-order valence-electron chi connectivity index (χ1n) is 4.49. The lowest BCUT2D eigenvalue weighted by Gasteiger charge is -2.08. The third-order valence-electron chi connectivity index (χ3n) is 1.82. The van der Waals surface area contributed by atoms with Crippen LogP contribution >= 0.6 is 23.5 Å². The summed E-state index contributed by atoms with van der Waals surface area (Å²) in [4.78, 5) is 11.3. The number of Topliss-reactive ketones (excluding diaryl/α,β-unsaturated/α-hetero) is 1. The molecule has 0 aliphatic carbocycles. The fourth-order valence-electron chi connectivity index (χ4n) is 1.11. The Hall–Kier alpha value is 0.110. The molecule has 0 aromatic carbocycles. The number of hydrogen-bond acceptors (Lipinski definition) is 3.